The zero-order valence-corrected chi connectivity index (χ0v) is 7.27. The van der Waals surface area contributed by atoms with Crippen molar-refractivity contribution in [3.63, 3.8) is 0 Å². The molecular formula is C9H12N2O2. The summed E-state index contributed by atoms with van der Waals surface area (Å²) in [5.74, 6) is 1.06. The van der Waals surface area contributed by atoms with Crippen molar-refractivity contribution in [3.8, 4) is 5.88 Å². The lowest BCUT2D eigenvalue weighted by atomic mass is 10.3. The second-order valence-electron chi connectivity index (χ2n) is 3.00. The molecule has 1 aromatic heterocycles. The Hall–Kier alpha value is -1.29. The standard InChI is InChI=1S/C9H12N2O2/c10-8-2-1-3-9(11-8)13-7-4-5-12-6-7/h1-3,7H,4-6H2,(H2,10,11)/t7-/m1/s1. The topological polar surface area (TPSA) is 57.4 Å². The predicted molar refractivity (Wildman–Crippen MR) is 48.5 cm³/mol. The first-order valence-electron chi connectivity index (χ1n) is 4.31. The molecular weight excluding hydrogens is 168 g/mol. The van der Waals surface area contributed by atoms with Gasteiger partial charge in [0.05, 0.1) is 13.2 Å². The van der Waals surface area contributed by atoms with Gasteiger partial charge in [-0.25, -0.2) is 0 Å². The number of nitrogen functional groups attached to an aromatic ring is 1. The molecule has 0 spiro atoms. The molecule has 4 nitrogen and oxygen atoms in total. The molecule has 0 aliphatic carbocycles. The number of rotatable bonds is 2. The maximum atomic E-state index is 5.54. The SMILES string of the molecule is Nc1cccc(O[C@@H]2CCOC2)n1. The summed E-state index contributed by atoms with van der Waals surface area (Å²) in [6.45, 7) is 1.42. The smallest absolute Gasteiger partial charge is 0.215 e. The second kappa shape index (κ2) is 3.62. The van der Waals surface area contributed by atoms with Crippen molar-refractivity contribution in [3.05, 3.63) is 18.2 Å². The van der Waals surface area contributed by atoms with Crippen LogP contribution in [0, 0.1) is 0 Å². The molecule has 1 aromatic rings. The highest BCUT2D eigenvalue weighted by Crippen LogP contribution is 2.15. The average Bonchev–Trinajstić information content (AvgIpc) is 2.57. The third-order valence-electron chi connectivity index (χ3n) is 1.92. The Labute approximate surface area is 76.7 Å². The summed E-state index contributed by atoms with van der Waals surface area (Å²) in [6, 6.07) is 5.36. The maximum absolute atomic E-state index is 5.54. The number of hydrogen-bond donors (Lipinski definition) is 1. The van der Waals surface area contributed by atoms with Crippen LogP contribution in [0.3, 0.4) is 0 Å². The van der Waals surface area contributed by atoms with Gasteiger partial charge in [-0.15, -0.1) is 0 Å². The van der Waals surface area contributed by atoms with Crippen LogP contribution in [0.15, 0.2) is 18.2 Å². The van der Waals surface area contributed by atoms with Gasteiger partial charge < -0.3 is 15.2 Å². The number of hydrogen-bond acceptors (Lipinski definition) is 4. The highest BCUT2D eigenvalue weighted by molar-refractivity contribution is 5.31. The van der Waals surface area contributed by atoms with Crippen molar-refractivity contribution in [2.45, 2.75) is 12.5 Å². The minimum atomic E-state index is 0.134. The summed E-state index contributed by atoms with van der Waals surface area (Å²) >= 11 is 0. The van der Waals surface area contributed by atoms with E-state index in [1.54, 1.807) is 12.1 Å². The molecule has 1 atom stereocenters. The molecule has 2 heterocycles. The number of nitrogens with zero attached hydrogens (tertiary/aromatic N) is 1. The Bertz CT molecular complexity index is 285. The summed E-state index contributed by atoms with van der Waals surface area (Å²) in [5.41, 5.74) is 5.51. The van der Waals surface area contributed by atoms with Gasteiger partial charge >= 0.3 is 0 Å². The predicted octanol–water partition coefficient (Wildman–Crippen LogP) is 0.831. The van der Waals surface area contributed by atoms with E-state index in [0.29, 0.717) is 18.3 Å². The average molecular weight is 180 g/mol. The zero-order valence-electron chi connectivity index (χ0n) is 7.27. The van der Waals surface area contributed by atoms with E-state index in [9.17, 15) is 0 Å². The molecule has 0 bridgehead atoms. The van der Waals surface area contributed by atoms with E-state index in [0.717, 1.165) is 13.0 Å². The minimum Gasteiger partial charge on any atom is -0.472 e. The molecule has 0 saturated carbocycles. The molecule has 13 heavy (non-hydrogen) atoms. The number of ether oxygens (including phenoxy) is 2. The summed E-state index contributed by atoms with van der Waals surface area (Å²) in [5, 5.41) is 0. The Morgan fingerprint density at radius 1 is 1.54 bits per heavy atom. The van der Waals surface area contributed by atoms with Gasteiger partial charge in [-0.1, -0.05) is 6.07 Å². The molecule has 4 heteroatoms. The van der Waals surface area contributed by atoms with Crippen molar-refractivity contribution in [2.24, 2.45) is 0 Å². The van der Waals surface area contributed by atoms with E-state index >= 15 is 0 Å². The molecule has 1 aliphatic heterocycles. The zero-order chi connectivity index (χ0) is 9.10. The van der Waals surface area contributed by atoms with E-state index < -0.39 is 0 Å². The van der Waals surface area contributed by atoms with Crippen LogP contribution in [0.2, 0.25) is 0 Å². The maximum Gasteiger partial charge on any atom is 0.215 e. The molecule has 1 saturated heterocycles. The summed E-state index contributed by atoms with van der Waals surface area (Å²) in [7, 11) is 0. The third-order valence-corrected chi connectivity index (χ3v) is 1.92. The van der Waals surface area contributed by atoms with Gasteiger partial charge in [-0.2, -0.15) is 4.98 Å². The lowest BCUT2D eigenvalue weighted by molar-refractivity contribution is 0.138. The van der Waals surface area contributed by atoms with Crippen LogP contribution in [0.5, 0.6) is 5.88 Å². The first-order valence-corrected chi connectivity index (χ1v) is 4.31. The van der Waals surface area contributed by atoms with Gasteiger partial charge in [-0.05, 0) is 6.07 Å². The van der Waals surface area contributed by atoms with Gasteiger partial charge in [0.1, 0.15) is 11.9 Å². The van der Waals surface area contributed by atoms with Gasteiger partial charge in [0.25, 0.3) is 0 Å². The van der Waals surface area contributed by atoms with Crippen LogP contribution in [-0.4, -0.2) is 24.3 Å². The van der Waals surface area contributed by atoms with Gasteiger partial charge in [0.15, 0.2) is 0 Å². The molecule has 2 rings (SSSR count). The Kier molecular flexibility index (Phi) is 2.31. The molecule has 70 valence electrons. The first-order chi connectivity index (χ1) is 6.34. The lowest BCUT2D eigenvalue weighted by Gasteiger charge is -2.10. The third kappa shape index (κ3) is 2.09. The highest BCUT2D eigenvalue weighted by atomic mass is 16.5. The molecule has 0 unspecified atom stereocenters. The second-order valence-corrected chi connectivity index (χ2v) is 3.00. The van der Waals surface area contributed by atoms with Crippen molar-refractivity contribution >= 4 is 5.82 Å². The van der Waals surface area contributed by atoms with Crippen molar-refractivity contribution < 1.29 is 9.47 Å². The number of aromatic nitrogens is 1. The Balaban J connectivity index is 2.00. The lowest BCUT2D eigenvalue weighted by Crippen LogP contribution is -2.16. The van der Waals surface area contributed by atoms with Crippen LogP contribution in [0.1, 0.15) is 6.42 Å². The van der Waals surface area contributed by atoms with E-state index in [1.807, 2.05) is 6.07 Å². The van der Waals surface area contributed by atoms with Crippen LogP contribution in [-0.2, 0) is 4.74 Å². The van der Waals surface area contributed by atoms with E-state index in [4.69, 9.17) is 15.2 Å². The van der Waals surface area contributed by atoms with Crippen LogP contribution in [0.25, 0.3) is 0 Å². The fraction of sp³-hybridized carbons (Fsp3) is 0.444. The Morgan fingerprint density at radius 3 is 3.15 bits per heavy atom. The van der Waals surface area contributed by atoms with Crippen molar-refractivity contribution in [1.29, 1.82) is 0 Å². The number of nitrogens with two attached hydrogens (primary N) is 1. The van der Waals surface area contributed by atoms with Gasteiger partial charge in [0.2, 0.25) is 5.88 Å². The molecule has 0 radical (unpaired) electrons. The molecule has 2 N–H and O–H groups in total. The van der Waals surface area contributed by atoms with Crippen molar-refractivity contribution in [2.75, 3.05) is 18.9 Å². The highest BCUT2D eigenvalue weighted by Gasteiger charge is 2.17. The summed E-state index contributed by atoms with van der Waals surface area (Å²) in [6.07, 6.45) is 1.06. The van der Waals surface area contributed by atoms with Crippen molar-refractivity contribution in [1.82, 2.24) is 4.98 Å². The van der Waals surface area contributed by atoms with Gasteiger partial charge in [0, 0.05) is 12.5 Å². The van der Waals surface area contributed by atoms with E-state index in [-0.39, 0.29) is 6.10 Å². The number of pyridine rings is 1. The normalized spacial score (nSPS) is 21.7. The number of anilines is 1. The van der Waals surface area contributed by atoms with E-state index in [1.165, 1.54) is 0 Å². The fourth-order valence-corrected chi connectivity index (χ4v) is 1.27. The quantitative estimate of drug-likeness (QED) is 0.732. The van der Waals surface area contributed by atoms with Crippen LogP contribution < -0.4 is 10.5 Å². The minimum absolute atomic E-state index is 0.134. The molecule has 0 amide bonds. The molecule has 0 aromatic carbocycles. The summed E-state index contributed by atoms with van der Waals surface area (Å²) in [4.78, 5) is 4.04. The fourth-order valence-electron chi connectivity index (χ4n) is 1.27. The summed E-state index contributed by atoms with van der Waals surface area (Å²) < 4.78 is 10.7. The molecule has 1 fully saturated rings. The Morgan fingerprint density at radius 2 is 2.46 bits per heavy atom. The van der Waals surface area contributed by atoms with Gasteiger partial charge in [-0.3, -0.25) is 0 Å². The van der Waals surface area contributed by atoms with Crippen LogP contribution in [0.4, 0.5) is 5.82 Å². The van der Waals surface area contributed by atoms with Crippen LogP contribution >= 0.6 is 0 Å². The van der Waals surface area contributed by atoms with E-state index in [2.05, 4.69) is 4.98 Å². The largest absolute Gasteiger partial charge is 0.472 e. The first kappa shape index (κ1) is 8.31. The monoisotopic (exact) mass is 180 g/mol. The molecule has 1 aliphatic rings.